The number of furan rings is 1. The molecule has 0 aliphatic carbocycles. The van der Waals surface area contributed by atoms with E-state index in [0.29, 0.717) is 12.3 Å². The van der Waals surface area contributed by atoms with Crippen LogP contribution in [0.25, 0.3) is 21.9 Å². The largest absolute Gasteiger partial charge is 0.456 e. The molecule has 0 spiro atoms. The molecule has 4 rings (SSSR count). The molecule has 21 heavy (non-hydrogen) atoms. The maximum Gasteiger partial charge on any atom is 0.227 e. The molecule has 1 aliphatic rings. The van der Waals surface area contributed by atoms with Crippen LogP contribution in [-0.2, 0) is 4.79 Å². The minimum absolute atomic E-state index is 0.201. The number of carbonyl (C=O) groups excluding carboxylic acids is 1. The highest BCUT2D eigenvalue weighted by molar-refractivity contribution is 9.09. The average Bonchev–Trinajstić information content (AvgIpc) is 3.07. The van der Waals surface area contributed by atoms with Crippen molar-refractivity contribution in [3.63, 3.8) is 0 Å². The lowest BCUT2D eigenvalue weighted by Gasteiger charge is -2.16. The number of benzene rings is 2. The van der Waals surface area contributed by atoms with Crippen molar-refractivity contribution in [3.05, 3.63) is 42.5 Å². The predicted octanol–water partition coefficient (Wildman–Crippen LogP) is 4.33. The fraction of sp³-hybridized carbons (Fsp3) is 0.235. The Bertz CT molecular complexity index is 839. The quantitative estimate of drug-likeness (QED) is 0.648. The van der Waals surface area contributed by atoms with Gasteiger partial charge in [0.05, 0.1) is 0 Å². The van der Waals surface area contributed by atoms with Crippen molar-refractivity contribution in [3.8, 4) is 0 Å². The lowest BCUT2D eigenvalue weighted by Crippen LogP contribution is -2.24. The summed E-state index contributed by atoms with van der Waals surface area (Å²) in [6.07, 6.45) is 0.620. The topological polar surface area (TPSA) is 33.5 Å². The molecular formula is C17H14BrNO2. The van der Waals surface area contributed by atoms with Gasteiger partial charge < -0.3 is 9.32 Å². The number of amides is 1. The van der Waals surface area contributed by atoms with Gasteiger partial charge in [0.15, 0.2) is 0 Å². The third-order valence-corrected chi connectivity index (χ3v) is 5.01. The zero-order chi connectivity index (χ0) is 14.4. The van der Waals surface area contributed by atoms with Crippen molar-refractivity contribution in [1.29, 1.82) is 0 Å². The van der Waals surface area contributed by atoms with E-state index >= 15 is 0 Å². The Hall–Kier alpha value is -1.81. The van der Waals surface area contributed by atoms with Crippen LogP contribution in [0.4, 0.5) is 5.69 Å². The van der Waals surface area contributed by atoms with Crippen molar-refractivity contribution in [2.24, 2.45) is 5.92 Å². The molecule has 0 saturated carbocycles. The lowest BCUT2D eigenvalue weighted by molar-refractivity contribution is -0.117. The summed E-state index contributed by atoms with van der Waals surface area (Å²) in [5.41, 5.74) is 2.71. The first-order valence-electron chi connectivity index (χ1n) is 7.04. The number of anilines is 1. The third kappa shape index (κ3) is 2.05. The Morgan fingerprint density at radius 1 is 1.14 bits per heavy atom. The van der Waals surface area contributed by atoms with Crippen LogP contribution in [0, 0.1) is 5.92 Å². The lowest BCUT2D eigenvalue weighted by atomic mass is 10.1. The Kier molecular flexibility index (Phi) is 3.00. The van der Waals surface area contributed by atoms with Crippen molar-refractivity contribution in [2.75, 3.05) is 16.8 Å². The second-order valence-corrected chi connectivity index (χ2v) is 6.15. The van der Waals surface area contributed by atoms with Gasteiger partial charge in [0.2, 0.25) is 5.91 Å². The summed E-state index contributed by atoms with van der Waals surface area (Å²) >= 11 is 3.48. The van der Waals surface area contributed by atoms with Crippen molar-refractivity contribution in [2.45, 2.75) is 6.42 Å². The molecule has 1 fully saturated rings. The van der Waals surface area contributed by atoms with Crippen LogP contribution in [0.1, 0.15) is 6.42 Å². The highest BCUT2D eigenvalue weighted by atomic mass is 79.9. The molecule has 1 aromatic heterocycles. The zero-order valence-electron chi connectivity index (χ0n) is 11.4. The Morgan fingerprint density at radius 3 is 2.76 bits per heavy atom. The van der Waals surface area contributed by atoms with E-state index < -0.39 is 0 Å². The monoisotopic (exact) mass is 343 g/mol. The van der Waals surface area contributed by atoms with Crippen LogP contribution in [0.5, 0.6) is 0 Å². The number of halogens is 1. The molecule has 0 bridgehead atoms. The Labute approximate surface area is 130 Å². The zero-order valence-corrected chi connectivity index (χ0v) is 13.0. The Balaban J connectivity index is 1.83. The SMILES string of the molecule is O=C1CC(CBr)CN1c1ccc2oc3ccccc3c2c1. The van der Waals surface area contributed by atoms with Gasteiger partial charge >= 0.3 is 0 Å². The highest BCUT2D eigenvalue weighted by Crippen LogP contribution is 2.33. The van der Waals surface area contributed by atoms with Crippen molar-refractivity contribution in [1.82, 2.24) is 0 Å². The van der Waals surface area contributed by atoms with Gasteiger partial charge in [0.1, 0.15) is 11.2 Å². The number of rotatable bonds is 2. The maximum atomic E-state index is 12.2. The van der Waals surface area contributed by atoms with Gasteiger partial charge in [-0.25, -0.2) is 0 Å². The van der Waals surface area contributed by atoms with Crippen LogP contribution in [-0.4, -0.2) is 17.8 Å². The second-order valence-electron chi connectivity index (χ2n) is 5.51. The standard InChI is InChI=1S/C17H14BrNO2/c18-9-11-7-17(20)19(10-11)12-5-6-16-14(8-12)13-3-1-2-4-15(13)21-16/h1-6,8,11H,7,9-10H2. The normalized spacial score (nSPS) is 19.0. The number of hydrogen-bond acceptors (Lipinski definition) is 2. The second kappa shape index (κ2) is 4.88. The fourth-order valence-electron chi connectivity index (χ4n) is 3.02. The molecule has 4 heteroatoms. The van der Waals surface area contributed by atoms with Crippen LogP contribution in [0.2, 0.25) is 0 Å². The van der Waals surface area contributed by atoms with Crippen LogP contribution in [0.15, 0.2) is 46.9 Å². The van der Waals surface area contributed by atoms with E-state index in [4.69, 9.17) is 4.42 Å². The molecule has 1 aliphatic heterocycles. The summed E-state index contributed by atoms with van der Waals surface area (Å²) < 4.78 is 5.83. The van der Waals surface area contributed by atoms with Gasteiger partial charge in [-0.3, -0.25) is 4.79 Å². The van der Waals surface area contributed by atoms with Gasteiger partial charge in [-0.1, -0.05) is 34.1 Å². The van der Waals surface area contributed by atoms with E-state index in [-0.39, 0.29) is 5.91 Å². The van der Waals surface area contributed by atoms with Gasteiger partial charge in [-0.05, 0) is 30.2 Å². The first-order chi connectivity index (χ1) is 10.3. The van der Waals surface area contributed by atoms with E-state index in [1.54, 1.807) is 0 Å². The molecule has 3 nitrogen and oxygen atoms in total. The van der Waals surface area contributed by atoms with Crippen LogP contribution >= 0.6 is 15.9 Å². The molecule has 1 amide bonds. The van der Waals surface area contributed by atoms with E-state index in [1.807, 2.05) is 35.2 Å². The summed E-state index contributed by atoms with van der Waals surface area (Å²) in [6.45, 7) is 0.783. The summed E-state index contributed by atoms with van der Waals surface area (Å²) in [7, 11) is 0. The smallest absolute Gasteiger partial charge is 0.227 e. The molecule has 1 unspecified atom stereocenters. The number of para-hydroxylation sites is 1. The molecule has 2 aromatic carbocycles. The Morgan fingerprint density at radius 2 is 1.95 bits per heavy atom. The predicted molar refractivity (Wildman–Crippen MR) is 88.0 cm³/mol. The first kappa shape index (κ1) is 12.9. The van der Waals surface area contributed by atoms with Crippen LogP contribution in [0.3, 0.4) is 0 Å². The first-order valence-corrected chi connectivity index (χ1v) is 8.16. The minimum atomic E-state index is 0.201. The fourth-order valence-corrected chi connectivity index (χ4v) is 3.45. The van der Waals surface area contributed by atoms with Crippen molar-refractivity contribution < 1.29 is 9.21 Å². The average molecular weight is 344 g/mol. The molecule has 1 atom stereocenters. The van der Waals surface area contributed by atoms with Crippen LogP contribution < -0.4 is 4.90 Å². The summed E-state index contributed by atoms with van der Waals surface area (Å²) in [5.74, 6) is 0.598. The number of carbonyl (C=O) groups is 1. The third-order valence-electron chi connectivity index (χ3n) is 4.10. The molecule has 2 heterocycles. The highest BCUT2D eigenvalue weighted by Gasteiger charge is 2.30. The number of hydrogen-bond donors (Lipinski definition) is 0. The van der Waals surface area contributed by atoms with Gasteiger partial charge in [-0.2, -0.15) is 0 Å². The van der Waals surface area contributed by atoms with E-state index in [2.05, 4.69) is 28.1 Å². The minimum Gasteiger partial charge on any atom is -0.456 e. The molecule has 0 radical (unpaired) electrons. The number of fused-ring (bicyclic) bond motifs is 3. The summed E-state index contributed by atoms with van der Waals surface area (Å²) in [6, 6.07) is 14.0. The maximum absolute atomic E-state index is 12.2. The summed E-state index contributed by atoms with van der Waals surface area (Å²) in [5, 5.41) is 3.03. The van der Waals surface area contributed by atoms with Crippen molar-refractivity contribution >= 4 is 49.5 Å². The van der Waals surface area contributed by atoms with Gasteiger partial charge in [0, 0.05) is 34.8 Å². The van der Waals surface area contributed by atoms with Gasteiger partial charge in [0.25, 0.3) is 0 Å². The summed E-state index contributed by atoms with van der Waals surface area (Å²) in [4.78, 5) is 14.0. The van der Waals surface area contributed by atoms with E-state index in [1.165, 1.54) is 0 Å². The molecular weight excluding hydrogens is 330 g/mol. The van der Waals surface area contributed by atoms with E-state index in [9.17, 15) is 4.79 Å². The molecule has 3 aromatic rings. The molecule has 0 N–H and O–H groups in total. The van der Waals surface area contributed by atoms with Gasteiger partial charge in [-0.15, -0.1) is 0 Å². The number of alkyl halides is 1. The molecule has 106 valence electrons. The number of nitrogens with zero attached hydrogens (tertiary/aromatic N) is 1. The molecule has 1 saturated heterocycles. The van der Waals surface area contributed by atoms with E-state index in [0.717, 1.165) is 39.5 Å².